The van der Waals surface area contributed by atoms with Gasteiger partial charge in [0.1, 0.15) is 0 Å². The van der Waals surface area contributed by atoms with Crippen molar-refractivity contribution in [3.05, 3.63) is 18.0 Å². The minimum Gasteiger partial charge on any atom is -0.381 e. The van der Waals surface area contributed by atoms with E-state index < -0.39 is 0 Å². The normalized spacial score (nSPS) is 17.5. The third kappa shape index (κ3) is 5.82. The maximum Gasteiger partial charge on any atom is 0.193 e. The molecule has 6 nitrogen and oxygen atoms in total. The number of nitrogens with one attached hydrogen (secondary N) is 1. The average Bonchev–Trinajstić information content (AvgIpc) is 2.94. The molecule has 132 valence electrons. The molecule has 1 saturated heterocycles. The number of nitrogens with zero attached hydrogens (tertiary/aromatic N) is 4. The Labute approximate surface area is 160 Å². The van der Waals surface area contributed by atoms with E-state index in [1.54, 1.807) is 0 Å². The van der Waals surface area contributed by atoms with E-state index in [0.717, 1.165) is 45.1 Å². The summed E-state index contributed by atoms with van der Waals surface area (Å²) in [5, 5.41) is 7.74. The van der Waals surface area contributed by atoms with Gasteiger partial charge in [-0.3, -0.25) is 9.67 Å². The van der Waals surface area contributed by atoms with E-state index in [1.807, 2.05) is 42.9 Å². The molecule has 0 spiro atoms. The Morgan fingerprint density at radius 3 is 2.74 bits per heavy atom. The molecule has 0 aromatic carbocycles. The summed E-state index contributed by atoms with van der Waals surface area (Å²) in [7, 11) is 5.82. The van der Waals surface area contributed by atoms with Gasteiger partial charge in [-0.2, -0.15) is 16.9 Å². The summed E-state index contributed by atoms with van der Waals surface area (Å²) in [5.74, 6) is 0.920. The van der Waals surface area contributed by atoms with Crippen LogP contribution < -0.4 is 5.32 Å². The highest BCUT2D eigenvalue weighted by Crippen LogP contribution is 2.33. The molecular formula is C15H28IN5OS. The van der Waals surface area contributed by atoms with Crippen molar-refractivity contribution in [1.82, 2.24) is 20.0 Å². The van der Waals surface area contributed by atoms with Crippen LogP contribution in [0.5, 0.6) is 0 Å². The molecule has 0 amide bonds. The number of halogens is 1. The summed E-state index contributed by atoms with van der Waals surface area (Å²) < 4.78 is 7.57. The Hall–Kier alpha value is -0.480. The van der Waals surface area contributed by atoms with Gasteiger partial charge in [-0.1, -0.05) is 0 Å². The maximum atomic E-state index is 5.50. The highest BCUT2D eigenvalue weighted by atomic mass is 127. The van der Waals surface area contributed by atoms with E-state index in [0.29, 0.717) is 0 Å². The quantitative estimate of drug-likeness (QED) is 0.420. The molecule has 0 atom stereocenters. The fourth-order valence-corrected chi connectivity index (χ4v) is 3.52. The molecular weight excluding hydrogens is 425 g/mol. The van der Waals surface area contributed by atoms with Crippen molar-refractivity contribution in [3.63, 3.8) is 0 Å². The van der Waals surface area contributed by atoms with Crippen LogP contribution in [0.15, 0.2) is 17.4 Å². The number of thioether (sulfide) groups is 1. The first-order valence-corrected chi connectivity index (χ1v) is 8.83. The van der Waals surface area contributed by atoms with Gasteiger partial charge in [0.05, 0.1) is 6.20 Å². The van der Waals surface area contributed by atoms with Crippen LogP contribution in [0.1, 0.15) is 18.4 Å². The van der Waals surface area contributed by atoms with Crippen molar-refractivity contribution in [2.45, 2.75) is 24.1 Å². The molecule has 1 aliphatic heterocycles. The summed E-state index contributed by atoms with van der Waals surface area (Å²) in [5.41, 5.74) is 1.18. The summed E-state index contributed by atoms with van der Waals surface area (Å²) in [4.78, 5) is 6.53. The van der Waals surface area contributed by atoms with E-state index in [4.69, 9.17) is 4.74 Å². The molecule has 2 heterocycles. The molecule has 1 fully saturated rings. The highest BCUT2D eigenvalue weighted by Gasteiger charge is 2.32. The number of rotatable bonds is 5. The zero-order valence-corrected chi connectivity index (χ0v) is 17.6. The summed E-state index contributed by atoms with van der Waals surface area (Å²) >= 11 is 1.94. The van der Waals surface area contributed by atoms with Gasteiger partial charge >= 0.3 is 0 Å². The monoisotopic (exact) mass is 453 g/mol. The molecule has 8 heteroatoms. The SMILES string of the molecule is CN=C(NCC1(SC)CCOCC1)N(C)Cc1cnn(C)c1.I. The number of ether oxygens (including phenoxy) is 1. The third-order valence-corrected chi connectivity index (χ3v) is 5.58. The van der Waals surface area contributed by atoms with Crippen molar-refractivity contribution in [3.8, 4) is 0 Å². The fourth-order valence-electron chi connectivity index (χ4n) is 2.72. The van der Waals surface area contributed by atoms with E-state index >= 15 is 0 Å². The zero-order chi connectivity index (χ0) is 16.0. The van der Waals surface area contributed by atoms with Gasteiger partial charge < -0.3 is 15.0 Å². The lowest BCUT2D eigenvalue weighted by Gasteiger charge is -2.36. The van der Waals surface area contributed by atoms with Crippen LogP contribution in [0, 0.1) is 0 Å². The van der Waals surface area contributed by atoms with Crippen molar-refractivity contribution in [2.24, 2.45) is 12.0 Å². The molecule has 0 aliphatic carbocycles. The predicted molar refractivity (Wildman–Crippen MR) is 108 cm³/mol. The lowest BCUT2D eigenvalue weighted by molar-refractivity contribution is 0.0781. The first-order chi connectivity index (χ1) is 10.6. The zero-order valence-electron chi connectivity index (χ0n) is 14.4. The van der Waals surface area contributed by atoms with Crippen LogP contribution in [0.2, 0.25) is 0 Å². The second kappa shape index (κ2) is 9.73. The van der Waals surface area contributed by atoms with E-state index in [9.17, 15) is 0 Å². The van der Waals surface area contributed by atoms with Crippen molar-refractivity contribution in [2.75, 3.05) is 40.1 Å². The Kier molecular flexibility index (Phi) is 8.70. The molecule has 23 heavy (non-hydrogen) atoms. The molecule has 1 aromatic heterocycles. The second-order valence-electron chi connectivity index (χ2n) is 5.78. The Bertz CT molecular complexity index is 502. The predicted octanol–water partition coefficient (Wildman–Crippen LogP) is 1.96. The van der Waals surface area contributed by atoms with Crippen LogP contribution in [-0.4, -0.2) is 65.5 Å². The summed E-state index contributed by atoms with van der Waals surface area (Å²) in [6, 6.07) is 0. The van der Waals surface area contributed by atoms with Crippen molar-refractivity contribution >= 4 is 41.7 Å². The first kappa shape index (κ1) is 20.6. The van der Waals surface area contributed by atoms with Crippen LogP contribution in [0.3, 0.4) is 0 Å². The lowest BCUT2D eigenvalue weighted by Crippen LogP contribution is -2.48. The Morgan fingerprint density at radius 1 is 1.52 bits per heavy atom. The summed E-state index contributed by atoms with van der Waals surface area (Å²) in [6.07, 6.45) is 8.29. The molecule has 0 saturated carbocycles. The number of hydrogen-bond donors (Lipinski definition) is 1. The van der Waals surface area contributed by atoms with Crippen LogP contribution in [-0.2, 0) is 18.3 Å². The van der Waals surface area contributed by atoms with Gasteiger partial charge in [-0.15, -0.1) is 24.0 Å². The highest BCUT2D eigenvalue weighted by molar-refractivity contribution is 14.0. The van der Waals surface area contributed by atoms with Crippen LogP contribution in [0.4, 0.5) is 0 Å². The van der Waals surface area contributed by atoms with E-state index in [-0.39, 0.29) is 28.7 Å². The fraction of sp³-hybridized carbons (Fsp3) is 0.733. The van der Waals surface area contributed by atoms with Crippen LogP contribution in [0.25, 0.3) is 0 Å². The van der Waals surface area contributed by atoms with Gasteiger partial charge in [0.2, 0.25) is 0 Å². The topological polar surface area (TPSA) is 54.7 Å². The summed E-state index contributed by atoms with van der Waals surface area (Å²) in [6.45, 7) is 3.42. The number of hydrogen-bond acceptors (Lipinski definition) is 4. The molecule has 0 radical (unpaired) electrons. The molecule has 1 aliphatic rings. The smallest absolute Gasteiger partial charge is 0.193 e. The minimum atomic E-state index is 0. The largest absolute Gasteiger partial charge is 0.381 e. The average molecular weight is 453 g/mol. The van der Waals surface area contributed by atoms with Crippen molar-refractivity contribution < 1.29 is 4.74 Å². The van der Waals surface area contributed by atoms with E-state index in [2.05, 4.69) is 33.6 Å². The van der Waals surface area contributed by atoms with Gasteiger partial charge in [0, 0.05) is 64.0 Å². The molecule has 2 rings (SSSR count). The third-order valence-electron chi connectivity index (χ3n) is 4.16. The standard InChI is InChI=1S/C15H27N5OS.HI/c1-16-14(19(2)10-13-9-18-20(3)11-13)17-12-15(22-4)5-7-21-8-6-15;/h9,11H,5-8,10,12H2,1-4H3,(H,16,17);1H. The molecule has 1 N–H and O–H groups in total. The molecule has 0 unspecified atom stereocenters. The number of aliphatic imine (C=N–C) groups is 1. The van der Waals surface area contributed by atoms with E-state index in [1.165, 1.54) is 5.56 Å². The maximum absolute atomic E-state index is 5.50. The number of guanidine groups is 1. The van der Waals surface area contributed by atoms with Crippen molar-refractivity contribution in [1.29, 1.82) is 0 Å². The van der Waals surface area contributed by atoms with Gasteiger partial charge in [0.25, 0.3) is 0 Å². The molecule has 1 aromatic rings. The van der Waals surface area contributed by atoms with Crippen LogP contribution >= 0.6 is 35.7 Å². The number of aromatic nitrogens is 2. The van der Waals surface area contributed by atoms with Gasteiger partial charge in [0.15, 0.2) is 5.96 Å². The minimum absolute atomic E-state index is 0. The first-order valence-electron chi connectivity index (χ1n) is 7.61. The lowest BCUT2D eigenvalue weighted by atomic mass is 9.99. The Balaban J connectivity index is 0.00000264. The molecule has 0 bridgehead atoms. The van der Waals surface area contributed by atoms with Gasteiger partial charge in [-0.05, 0) is 19.1 Å². The van der Waals surface area contributed by atoms with Gasteiger partial charge in [-0.25, -0.2) is 0 Å². The second-order valence-corrected chi connectivity index (χ2v) is 7.05. The Morgan fingerprint density at radius 2 is 2.22 bits per heavy atom. The number of aryl methyl sites for hydroxylation is 1.